The molecule has 0 radical (unpaired) electrons. The molecule has 2 aromatic carbocycles. The third-order valence-electron chi connectivity index (χ3n) is 3.98. The summed E-state index contributed by atoms with van der Waals surface area (Å²) in [6, 6.07) is 15.5. The molecule has 0 saturated carbocycles. The molecule has 0 spiro atoms. The van der Waals surface area contributed by atoms with Crippen LogP contribution in [0.15, 0.2) is 42.5 Å². The Kier molecular flexibility index (Phi) is 4.84. The Morgan fingerprint density at radius 2 is 1.64 bits per heavy atom. The number of hydrogen-bond acceptors (Lipinski definition) is 1. The van der Waals surface area contributed by atoms with Gasteiger partial charge in [-0.25, -0.2) is 0 Å². The molecular weight excluding hydrogens is 292 g/mol. The number of benzene rings is 2. The Hall–Kier alpha value is -1.51. The Morgan fingerprint density at radius 3 is 2.32 bits per heavy atom. The van der Waals surface area contributed by atoms with Crippen LogP contribution in [0.25, 0.3) is 21.8 Å². The number of nitrogens with zero attached hydrogens (tertiary/aromatic N) is 1. The smallest absolute Gasteiger partial charge is 0.0491 e. The highest BCUT2D eigenvalue weighted by molar-refractivity contribution is 6.08. The summed E-state index contributed by atoms with van der Waals surface area (Å²) in [5.41, 5.74) is 4.15. The molecule has 1 N–H and O–H groups in total. The first-order valence-electron chi connectivity index (χ1n) is 7.74. The van der Waals surface area contributed by atoms with E-state index in [1.165, 1.54) is 27.4 Å². The summed E-state index contributed by atoms with van der Waals surface area (Å²) in [6.45, 7) is 10.7. The molecular formula is C19H25ClN2. The van der Waals surface area contributed by atoms with E-state index in [0.29, 0.717) is 0 Å². The van der Waals surface area contributed by atoms with Crippen LogP contribution < -0.4 is 5.32 Å². The van der Waals surface area contributed by atoms with Crippen molar-refractivity contribution in [2.75, 3.05) is 0 Å². The van der Waals surface area contributed by atoms with Gasteiger partial charge in [-0.2, -0.15) is 0 Å². The van der Waals surface area contributed by atoms with Crippen molar-refractivity contribution in [3.8, 4) is 0 Å². The number of aryl methyl sites for hydroxylation is 1. The van der Waals surface area contributed by atoms with Crippen molar-refractivity contribution in [1.82, 2.24) is 9.88 Å². The summed E-state index contributed by atoms with van der Waals surface area (Å²) in [5, 5.41) is 6.28. The molecule has 1 heterocycles. The van der Waals surface area contributed by atoms with E-state index in [1.54, 1.807) is 0 Å². The lowest BCUT2D eigenvalue weighted by Crippen LogP contribution is -2.35. The molecule has 0 bridgehead atoms. The summed E-state index contributed by atoms with van der Waals surface area (Å²) in [6.07, 6.45) is 0. The highest BCUT2D eigenvalue weighted by Crippen LogP contribution is 2.29. The first kappa shape index (κ1) is 16.9. The topological polar surface area (TPSA) is 17.0 Å². The van der Waals surface area contributed by atoms with Crippen molar-refractivity contribution in [3.05, 3.63) is 48.0 Å². The van der Waals surface area contributed by atoms with Gasteiger partial charge in [-0.3, -0.25) is 0 Å². The zero-order valence-corrected chi connectivity index (χ0v) is 14.6. The van der Waals surface area contributed by atoms with Crippen LogP contribution in [-0.4, -0.2) is 10.1 Å². The minimum Gasteiger partial charge on any atom is -0.341 e. The van der Waals surface area contributed by atoms with Crippen molar-refractivity contribution in [2.24, 2.45) is 0 Å². The van der Waals surface area contributed by atoms with Crippen LogP contribution in [0, 0.1) is 0 Å². The largest absolute Gasteiger partial charge is 0.341 e. The third kappa shape index (κ3) is 3.13. The molecule has 0 aliphatic carbocycles. The van der Waals surface area contributed by atoms with E-state index in [9.17, 15) is 0 Å². The fourth-order valence-corrected chi connectivity index (χ4v) is 2.92. The highest BCUT2D eigenvalue weighted by Gasteiger charge is 2.11. The van der Waals surface area contributed by atoms with Gasteiger partial charge in [0, 0.05) is 40.4 Å². The SMILES string of the molecule is CCn1c2ccccc2c2cc(CNC(C)(C)C)ccc21.Cl. The molecule has 0 aliphatic rings. The van der Waals surface area contributed by atoms with Crippen molar-refractivity contribution in [1.29, 1.82) is 0 Å². The number of fused-ring (bicyclic) bond motifs is 3. The molecule has 3 heteroatoms. The maximum Gasteiger partial charge on any atom is 0.0491 e. The number of nitrogens with one attached hydrogen (secondary N) is 1. The van der Waals surface area contributed by atoms with E-state index in [1.807, 2.05) is 0 Å². The number of para-hydroxylation sites is 1. The zero-order chi connectivity index (χ0) is 15.0. The summed E-state index contributed by atoms with van der Waals surface area (Å²) >= 11 is 0. The first-order chi connectivity index (χ1) is 9.99. The van der Waals surface area contributed by atoms with Crippen LogP contribution in [0.5, 0.6) is 0 Å². The maximum absolute atomic E-state index is 3.56. The normalized spacial score (nSPS) is 11.8. The predicted molar refractivity (Wildman–Crippen MR) is 99.0 cm³/mol. The molecule has 2 nitrogen and oxygen atoms in total. The van der Waals surface area contributed by atoms with Crippen LogP contribution in [-0.2, 0) is 13.1 Å². The van der Waals surface area contributed by atoms with Gasteiger partial charge < -0.3 is 9.88 Å². The van der Waals surface area contributed by atoms with E-state index in [4.69, 9.17) is 0 Å². The van der Waals surface area contributed by atoms with Gasteiger partial charge in [-0.05, 0) is 51.5 Å². The fourth-order valence-electron chi connectivity index (χ4n) is 2.92. The van der Waals surface area contributed by atoms with E-state index >= 15 is 0 Å². The number of hydrogen-bond donors (Lipinski definition) is 1. The molecule has 118 valence electrons. The molecule has 3 rings (SSSR count). The Morgan fingerprint density at radius 1 is 0.955 bits per heavy atom. The van der Waals surface area contributed by atoms with Crippen molar-refractivity contribution < 1.29 is 0 Å². The highest BCUT2D eigenvalue weighted by atomic mass is 35.5. The monoisotopic (exact) mass is 316 g/mol. The second-order valence-electron chi connectivity index (χ2n) is 6.72. The van der Waals surface area contributed by atoms with Gasteiger partial charge in [0.05, 0.1) is 0 Å². The minimum absolute atomic E-state index is 0. The van der Waals surface area contributed by atoms with Crippen molar-refractivity contribution in [2.45, 2.75) is 46.3 Å². The van der Waals surface area contributed by atoms with E-state index in [0.717, 1.165) is 13.1 Å². The Balaban J connectivity index is 0.00000176. The second kappa shape index (κ2) is 6.31. The summed E-state index contributed by atoms with van der Waals surface area (Å²) in [4.78, 5) is 0. The maximum atomic E-state index is 3.56. The van der Waals surface area contributed by atoms with Crippen LogP contribution >= 0.6 is 12.4 Å². The molecule has 0 saturated heterocycles. The summed E-state index contributed by atoms with van der Waals surface area (Å²) in [5.74, 6) is 0. The van der Waals surface area contributed by atoms with Gasteiger partial charge in [0.25, 0.3) is 0 Å². The van der Waals surface area contributed by atoms with Crippen LogP contribution in [0.4, 0.5) is 0 Å². The summed E-state index contributed by atoms with van der Waals surface area (Å²) < 4.78 is 2.39. The van der Waals surface area contributed by atoms with E-state index in [-0.39, 0.29) is 17.9 Å². The summed E-state index contributed by atoms with van der Waals surface area (Å²) in [7, 11) is 0. The van der Waals surface area contributed by atoms with Gasteiger partial charge >= 0.3 is 0 Å². The van der Waals surface area contributed by atoms with Gasteiger partial charge in [-0.15, -0.1) is 12.4 Å². The van der Waals surface area contributed by atoms with Gasteiger partial charge in [0.2, 0.25) is 0 Å². The average Bonchev–Trinajstić information content (AvgIpc) is 2.77. The van der Waals surface area contributed by atoms with E-state index in [2.05, 4.69) is 80.0 Å². The van der Waals surface area contributed by atoms with Crippen molar-refractivity contribution >= 4 is 34.2 Å². The molecule has 1 aromatic heterocycles. The lowest BCUT2D eigenvalue weighted by Gasteiger charge is -2.20. The quantitative estimate of drug-likeness (QED) is 0.709. The van der Waals surface area contributed by atoms with Gasteiger partial charge in [0.1, 0.15) is 0 Å². The fraction of sp³-hybridized carbons (Fsp3) is 0.368. The lowest BCUT2D eigenvalue weighted by atomic mass is 10.1. The van der Waals surface area contributed by atoms with Gasteiger partial charge in [-0.1, -0.05) is 24.3 Å². The van der Waals surface area contributed by atoms with E-state index < -0.39 is 0 Å². The average molecular weight is 317 g/mol. The lowest BCUT2D eigenvalue weighted by molar-refractivity contribution is 0.424. The molecule has 0 fully saturated rings. The molecule has 0 amide bonds. The first-order valence-corrected chi connectivity index (χ1v) is 7.74. The second-order valence-corrected chi connectivity index (χ2v) is 6.72. The van der Waals surface area contributed by atoms with Crippen LogP contribution in [0.2, 0.25) is 0 Å². The van der Waals surface area contributed by atoms with Gasteiger partial charge in [0.15, 0.2) is 0 Å². The Labute approximate surface area is 138 Å². The van der Waals surface area contributed by atoms with Crippen LogP contribution in [0.3, 0.4) is 0 Å². The Bertz CT molecular complexity index is 781. The standard InChI is InChI=1S/C19H24N2.ClH/c1-5-21-17-9-7-6-8-15(17)16-12-14(10-11-18(16)21)13-20-19(2,3)4;/h6-12,20H,5,13H2,1-4H3;1H. The minimum atomic E-state index is 0. The molecule has 0 atom stereocenters. The van der Waals surface area contributed by atoms with Crippen molar-refractivity contribution in [3.63, 3.8) is 0 Å². The number of rotatable bonds is 3. The zero-order valence-electron chi connectivity index (χ0n) is 13.8. The number of aromatic nitrogens is 1. The molecule has 22 heavy (non-hydrogen) atoms. The molecule has 0 unspecified atom stereocenters. The third-order valence-corrected chi connectivity index (χ3v) is 3.98. The molecule has 3 aromatic rings. The molecule has 0 aliphatic heterocycles. The predicted octanol–water partition coefficient (Wildman–Crippen LogP) is 5.12. The van der Waals surface area contributed by atoms with Crippen LogP contribution in [0.1, 0.15) is 33.3 Å². The number of halogens is 1.